The average Bonchev–Trinajstić information content (AvgIpc) is 2.71. The fourth-order valence-electron chi connectivity index (χ4n) is 1.76. The second-order valence-corrected chi connectivity index (χ2v) is 4.88. The van der Waals surface area contributed by atoms with E-state index in [1.807, 2.05) is 19.2 Å². The summed E-state index contributed by atoms with van der Waals surface area (Å²) in [7, 11) is 0. The molecule has 17 heavy (non-hydrogen) atoms. The highest BCUT2D eigenvalue weighted by Crippen LogP contribution is 2.30. The van der Waals surface area contributed by atoms with Crippen LogP contribution in [0.25, 0.3) is 10.6 Å². The van der Waals surface area contributed by atoms with E-state index >= 15 is 0 Å². The summed E-state index contributed by atoms with van der Waals surface area (Å²) in [4.78, 5) is 20.8. The minimum atomic E-state index is 0.0818. The van der Waals surface area contributed by atoms with Crippen molar-refractivity contribution >= 4 is 17.1 Å². The van der Waals surface area contributed by atoms with Gasteiger partial charge in [-0.15, -0.1) is 11.3 Å². The zero-order valence-electron chi connectivity index (χ0n) is 10.2. The maximum atomic E-state index is 11.4. The third-order valence-electron chi connectivity index (χ3n) is 2.63. The second-order valence-electron chi connectivity index (χ2n) is 3.88. The van der Waals surface area contributed by atoms with E-state index in [9.17, 15) is 4.79 Å². The Morgan fingerprint density at radius 2 is 2.24 bits per heavy atom. The van der Waals surface area contributed by atoms with Gasteiger partial charge in [-0.05, 0) is 25.0 Å². The number of ketones is 1. The molecule has 4 heteroatoms. The Hall–Kier alpha value is -1.55. The molecular formula is C13H14N2OS. The molecule has 2 rings (SSSR count). The number of rotatable bonds is 3. The Bertz CT molecular complexity index is 560. The molecule has 0 aliphatic rings. The standard InChI is InChI=1S/C13H14N2OS/c1-4-10-7-14-6-5-11(10)13-15-8(2)12(17-13)9(3)16/h5-7H,4H2,1-3H3. The number of hydrogen-bond acceptors (Lipinski definition) is 4. The molecule has 2 heterocycles. The Labute approximate surface area is 105 Å². The number of Topliss-reactive ketones (excluding diaryl/α,β-unsaturated/α-hetero) is 1. The van der Waals surface area contributed by atoms with Gasteiger partial charge in [0.1, 0.15) is 5.01 Å². The molecular weight excluding hydrogens is 232 g/mol. The fourth-order valence-corrected chi connectivity index (χ4v) is 2.78. The van der Waals surface area contributed by atoms with Gasteiger partial charge in [-0.25, -0.2) is 4.98 Å². The van der Waals surface area contributed by atoms with Gasteiger partial charge in [-0.3, -0.25) is 9.78 Å². The number of aromatic nitrogens is 2. The predicted octanol–water partition coefficient (Wildman–Crippen LogP) is 3.28. The molecule has 0 aliphatic carbocycles. The van der Waals surface area contributed by atoms with Crippen LogP contribution in [0.3, 0.4) is 0 Å². The van der Waals surface area contributed by atoms with E-state index in [4.69, 9.17) is 0 Å². The van der Waals surface area contributed by atoms with E-state index < -0.39 is 0 Å². The van der Waals surface area contributed by atoms with Crippen molar-refractivity contribution in [1.82, 2.24) is 9.97 Å². The number of nitrogens with zero attached hydrogens (tertiary/aromatic N) is 2. The highest BCUT2D eigenvalue weighted by atomic mass is 32.1. The van der Waals surface area contributed by atoms with Crippen molar-refractivity contribution in [2.75, 3.05) is 0 Å². The normalized spacial score (nSPS) is 10.5. The minimum absolute atomic E-state index is 0.0818. The summed E-state index contributed by atoms with van der Waals surface area (Å²) >= 11 is 1.46. The van der Waals surface area contributed by atoms with Crippen molar-refractivity contribution in [3.05, 3.63) is 34.6 Å². The number of hydrogen-bond donors (Lipinski definition) is 0. The van der Waals surface area contributed by atoms with Gasteiger partial charge in [-0.1, -0.05) is 6.92 Å². The van der Waals surface area contributed by atoms with Crippen molar-refractivity contribution in [3.8, 4) is 10.6 Å². The summed E-state index contributed by atoms with van der Waals surface area (Å²) in [5, 5.41) is 0.909. The third kappa shape index (κ3) is 2.26. The number of aryl methyl sites for hydroxylation is 2. The van der Waals surface area contributed by atoms with Crippen LogP contribution in [0.5, 0.6) is 0 Å². The summed E-state index contributed by atoms with van der Waals surface area (Å²) in [6.07, 6.45) is 4.54. The molecule has 0 aliphatic heterocycles. The first kappa shape index (κ1) is 11.9. The molecule has 2 aromatic rings. The van der Waals surface area contributed by atoms with Gasteiger partial charge in [0.05, 0.1) is 10.6 Å². The summed E-state index contributed by atoms with van der Waals surface area (Å²) in [5.41, 5.74) is 3.07. The predicted molar refractivity (Wildman–Crippen MR) is 69.5 cm³/mol. The van der Waals surface area contributed by atoms with Crippen LogP contribution in [0, 0.1) is 6.92 Å². The number of carbonyl (C=O) groups is 1. The lowest BCUT2D eigenvalue weighted by molar-refractivity contribution is 0.102. The van der Waals surface area contributed by atoms with E-state index in [1.165, 1.54) is 11.3 Å². The highest BCUT2D eigenvalue weighted by Gasteiger charge is 2.14. The van der Waals surface area contributed by atoms with E-state index in [0.29, 0.717) is 0 Å². The zero-order valence-corrected chi connectivity index (χ0v) is 11.0. The van der Waals surface area contributed by atoms with Crippen LogP contribution in [0.4, 0.5) is 0 Å². The monoisotopic (exact) mass is 246 g/mol. The largest absolute Gasteiger partial charge is 0.294 e. The van der Waals surface area contributed by atoms with Crippen LogP contribution in [0.2, 0.25) is 0 Å². The number of pyridine rings is 1. The molecule has 0 bridgehead atoms. The molecule has 0 aromatic carbocycles. The highest BCUT2D eigenvalue weighted by molar-refractivity contribution is 7.17. The molecule has 88 valence electrons. The van der Waals surface area contributed by atoms with Gasteiger partial charge < -0.3 is 0 Å². The van der Waals surface area contributed by atoms with Crippen molar-refractivity contribution in [1.29, 1.82) is 0 Å². The van der Waals surface area contributed by atoms with Crippen LogP contribution in [-0.4, -0.2) is 15.8 Å². The first-order chi connectivity index (χ1) is 8.13. The number of carbonyl (C=O) groups excluding carboxylic acids is 1. The molecule has 3 nitrogen and oxygen atoms in total. The summed E-state index contributed by atoms with van der Waals surface area (Å²) in [5.74, 6) is 0.0818. The molecule has 0 saturated carbocycles. The van der Waals surface area contributed by atoms with E-state index in [1.54, 1.807) is 13.1 Å². The SMILES string of the molecule is CCc1cnccc1-c1nc(C)c(C(C)=O)s1. The van der Waals surface area contributed by atoms with Crippen LogP contribution >= 0.6 is 11.3 Å². The van der Waals surface area contributed by atoms with E-state index in [-0.39, 0.29) is 5.78 Å². The van der Waals surface area contributed by atoms with Crippen LogP contribution < -0.4 is 0 Å². The van der Waals surface area contributed by atoms with Gasteiger partial charge >= 0.3 is 0 Å². The molecule has 0 atom stereocenters. The quantitative estimate of drug-likeness (QED) is 0.780. The third-order valence-corrected chi connectivity index (χ3v) is 3.92. The summed E-state index contributed by atoms with van der Waals surface area (Å²) in [6.45, 7) is 5.55. The molecule has 0 unspecified atom stereocenters. The van der Waals surface area contributed by atoms with Gasteiger partial charge in [0.25, 0.3) is 0 Å². The topological polar surface area (TPSA) is 42.9 Å². The molecule has 0 N–H and O–H groups in total. The van der Waals surface area contributed by atoms with Crippen molar-refractivity contribution in [2.45, 2.75) is 27.2 Å². The first-order valence-corrected chi connectivity index (χ1v) is 6.36. The van der Waals surface area contributed by atoms with Gasteiger partial charge in [-0.2, -0.15) is 0 Å². The number of thiazole rings is 1. The fraction of sp³-hybridized carbons (Fsp3) is 0.308. The minimum Gasteiger partial charge on any atom is -0.294 e. The average molecular weight is 246 g/mol. The Balaban J connectivity index is 2.53. The summed E-state index contributed by atoms with van der Waals surface area (Å²) < 4.78 is 0. The van der Waals surface area contributed by atoms with Crippen LogP contribution in [0.15, 0.2) is 18.5 Å². The van der Waals surface area contributed by atoms with Gasteiger partial charge in [0.15, 0.2) is 5.78 Å². The van der Waals surface area contributed by atoms with E-state index in [2.05, 4.69) is 16.9 Å². The van der Waals surface area contributed by atoms with Gasteiger partial charge in [0.2, 0.25) is 0 Å². The maximum Gasteiger partial charge on any atom is 0.171 e. The zero-order chi connectivity index (χ0) is 12.4. The first-order valence-electron chi connectivity index (χ1n) is 5.55. The van der Waals surface area contributed by atoms with Crippen molar-refractivity contribution in [2.24, 2.45) is 0 Å². The Morgan fingerprint density at radius 1 is 1.47 bits per heavy atom. The lowest BCUT2D eigenvalue weighted by Crippen LogP contribution is -1.89. The Morgan fingerprint density at radius 3 is 2.82 bits per heavy atom. The van der Waals surface area contributed by atoms with E-state index in [0.717, 1.165) is 33.1 Å². The molecule has 0 saturated heterocycles. The molecule has 0 radical (unpaired) electrons. The lowest BCUT2D eigenvalue weighted by atomic mass is 10.1. The van der Waals surface area contributed by atoms with Crippen molar-refractivity contribution < 1.29 is 4.79 Å². The molecule has 0 fully saturated rings. The molecule has 2 aromatic heterocycles. The maximum absolute atomic E-state index is 11.4. The molecule has 0 spiro atoms. The van der Waals surface area contributed by atoms with Crippen molar-refractivity contribution in [3.63, 3.8) is 0 Å². The van der Waals surface area contributed by atoms with Crippen LogP contribution in [-0.2, 0) is 6.42 Å². The molecule has 0 amide bonds. The Kier molecular flexibility index (Phi) is 3.33. The van der Waals surface area contributed by atoms with Gasteiger partial charge in [0, 0.05) is 24.9 Å². The smallest absolute Gasteiger partial charge is 0.171 e. The van der Waals surface area contributed by atoms with Crippen LogP contribution in [0.1, 0.15) is 34.8 Å². The summed E-state index contributed by atoms with van der Waals surface area (Å²) in [6, 6.07) is 1.96. The second kappa shape index (κ2) is 4.75. The lowest BCUT2D eigenvalue weighted by Gasteiger charge is -2.02.